The van der Waals surface area contributed by atoms with Crippen LogP contribution in [0.25, 0.3) is 0 Å². The Bertz CT molecular complexity index is 228. The molecule has 0 aliphatic heterocycles. The number of carboxylic acid groups (broad SMARTS) is 1. The summed E-state index contributed by atoms with van der Waals surface area (Å²) < 4.78 is 0. The molecule has 0 aromatic carbocycles. The van der Waals surface area contributed by atoms with Crippen LogP contribution in [0, 0.1) is 0 Å². The minimum absolute atomic E-state index is 0.141. The summed E-state index contributed by atoms with van der Waals surface area (Å²) in [5.41, 5.74) is 0. The molecular weight excluding hydrogens is 206 g/mol. The van der Waals surface area contributed by atoms with Crippen molar-refractivity contribution in [1.82, 2.24) is 4.90 Å². The average Bonchev–Trinajstić information content (AvgIpc) is 2.24. The Morgan fingerprint density at radius 2 is 1.75 bits per heavy atom. The molecule has 0 aromatic rings. The summed E-state index contributed by atoms with van der Waals surface area (Å²) in [7, 11) is 0. The Labute approximate surface area is 97.6 Å². The van der Waals surface area contributed by atoms with Crippen LogP contribution >= 0.6 is 0 Å². The SMILES string of the molecule is CCC(C)N(CC)C(=O)CCCCC(=O)O. The predicted octanol–water partition coefficient (Wildman–Crippen LogP) is 2.28. The van der Waals surface area contributed by atoms with Gasteiger partial charge < -0.3 is 10.0 Å². The molecule has 1 N–H and O–H groups in total. The molecule has 16 heavy (non-hydrogen) atoms. The quantitative estimate of drug-likeness (QED) is 0.650. The zero-order chi connectivity index (χ0) is 12.6. The molecule has 0 bridgehead atoms. The molecule has 0 radical (unpaired) electrons. The highest BCUT2D eigenvalue weighted by Crippen LogP contribution is 2.08. The standard InChI is InChI=1S/C12H23NO3/c1-4-10(3)13(5-2)11(14)8-6-7-9-12(15)16/h10H,4-9H2,1-3H3,(H,15,16). The van der Waals surface area contributed by atoms with Crippen molar-refractivity contribution in [2.24, 2.45) is 0 Å². The van der Waals surface area contributed by atoms with E-state index in [1.165, 1.54) is 0 Å². The van der Waals surface area contributed by atoms with E-state index in [-0.39, 0.29) is 18.4 Å². The van der Waals surface area contributed by atoms with Gasteiger partial charge in [-0.3, -0.25) is 9.59 Å². The normalized spacial score (nSPS) is 12.2. The largest absolute Gasteiger partial charge is 0.481 e. The maximum atomic E-state index is 11.8. The van der Waals surface area contributed by atoms with Gasteiger partial charge in [-0.1, -0.05) is 6.92 Å². The minimum atomic E-state index is -0.790. The second-order valence-electron chi connectivity index (χ2n) is 4.04. The van der Waals surface area contributed by atoms with Crippen LogP contribution in [0.1, 0.15) is 52.9 Å². The Balaban J connectivity index is 3.89. The number of carbonyl (C=O) groups is 2. The fourth-order valence-corrected chi connectivity index (χ4v) is 1.65. The highest BCUT2D eigenvalue weighted by atomic mass is 16.4. The molecule has 0 spiro atoms. The zero-order valence-corrected chi connectivity index (χ0v) is 10.5. The fourth-order valence-electron chi connectivity index (χ4n) is 1.65. The summed E-state index contributed by atoms with van der Waals surface area (Å²) in [5.74, 6) is -0.649. The van der Waals surface area contributed by atoms with E-state index in [0.29, 0.717) is 19.3 Å². The van der Waals surface area contributed by atoms with Gasteiger partial charge in [-0.2, -0.15) is 0 Å². The summed E-state index contributed by atoms with van der Waals surface area (Å²) in [6.07, 6.45) is 2.82. The summed E-state index contributed by atoms with van der Waals surface area (Å²) >= 11 is 0. The van der Waals surface area contributed by atoms with Crippen molar-refractivity contribution in [1.29, 1.82) is 0 Å². The summed E-state index contributed by atoms with van der Waals surface area (Å²) in [4.78, 5) is 24.0. The lowest BCUT2D eigenvalue weighted by molar-refractivity contribution is -0.138. The molecule has 0 fully saturated rings. The lowest BCUT2D eigenvalue weighted by Gasteiger charge is -2.27. The molecule has 4 heteroatoms. The first-order valence-corrected chi connectivity index (χ1v) is 6.04. The molecule has 0 heterocycles. The number of hydrogen-bond donors (Lipinski definition) is 1. The van der Waals surface area contributed by atoms with Crippen molar-refractivity contribution in [3.05, 3.63) is 0 Å². The summed E-state index contributed by atoms with van der Waals surface area (Å²) in [6, 6.07) is 0.275. The fraction of sp³-hybridized carbons (Fsp3) is 0.833. The first-order chi connectivity index (χ1) is 7.52. The Hall–Kier alpha value is -1.06. The molecule has 0 saturated carbocycles. The number of unbranched alkanes of at least 4 members (excludes halogenated alkanes) is 1. The van der Waals surface area contributed by atoms with Crippen molar-refractivity contribution in [3.63, 3.8) is 0 Å². The lowest BCUT2D eigenvalue weighted by atomic mass is 10.1. The van der Waals surface area contributed by atoms with Crippen LogP contribution in [-0.2, 0) is 9.59 Å². The summed E-state index contributed by atoms with van der Waals surface area (Å²) in [5, 5.41) is 8.47. The third kappa shape index (κ3) is 5.73. The van der Waals surface area contributed by atoms with E-state index in [1.807, 2.05) is 18.7 Å². The van der Waals surface area contributed by atoms with Crippen LogP contribution in [0.2, 0.25) is 0 Å². The highest BCUT2D eigenvalue weighted by Gasteiger charge is 2.16. The Kier molecular flexibility index (Phi) is 7.60. The van der Waals surface area contributed by atoms with E-state index >= 15 is 0 Å². The number of carbonyl (C=O) groups excluding carboxylic acids is 1. The van der Waals surface area contributed by atoms with E-state index in [4.69, 9.17) is 5.11 Å². The second-order valence-corrected chi connectivity index (χ2v) is 4.04. The molecule has 1 amide bonds. The van der Waals surface area contributed by atoms with Crippen molar-refractivity contribution < 1.29 is 14.7 Å². The third-order valence-corrected chi connectivity index (χ3v) is 2.82. The Morgan fingerprint density at radius 3 is 2.19 bits per heavy atom. The van der Waals surface area contributed by atoms with E-state index in [0.717, 1.165) is 13.0 Å². The number of nitrogens with zero attached hydrogens (tertiary/aromatic N) is 1. The molecule has 4 nitrogen and oxygen atoms in total. The maximum Gasteiger partial charge on any atom is 0.303 e. The topological polar surface area (TPSA) is 57.6 Å². The molecule has 0 aromatic heterocycles. The first kappa shape index (κ1) is 14.9. The molecule has 1 atom stereocenters. The van der Waals surface area contributed by atoms with Crippen LogP contribution in [-0.4, -0.2) is 34.5 Å². The van der Waals surface area contributed by atoms with Crippen LogP contribution in [0.15, 0.2) is 0 Å². The number of rotatable bonds is 8. The molecule has 1 unspecified atom stereocenters. The third-order valence-electron chi connectivity index (χ3n) is 2.82. The number of hydrogen-bond acceptors (Lipinski definition) is 2. The monoisotopic (exact) mass is 229 g/mol. The lowest BCUT2D eigenvalue weighted by Crippen LogP contribution is -2.37. The van der Waals surface area contributed by atoms with Crippen LogP contribution in [0.3, 0.4) is 0 Å². The number of amides is 1. The van der Waals surface area contributed by atoms with Gasteiger partial charge in [-0.05, 0) is 33.1 Å². The Morgan fingerprint density at radius 1 is 1.19 bits per heavy atom. The molecule has 0 aliphatic rings. The van der Waals surface area contributed by atoms with E-state index in [2.05, 4.69) is 6.92 Å². The smallest absolute Gasteiger partial charge is 0.303 e. The van der Waals surface area contributed by atoms with E-state index < -0.39 is 5.97 Å². The van der Waals surface area contributed by atoms with Crippen LogP contribution < -0.4 is 0 Å². The average molecular weight is 229 g/mol. The van der Waals surface area contributed by atoms with Gasteiger partial charge in [0.2, 0.25) is 5.91 Å². The van der Waals surface area contributed by atoms with Crippen molar-refractivity contribution in [2.75, 3.05) is 6.54 Å². The van der Waals surface area contributed by atoms with Gasteiger partial charge in [-0.25, -0.2) is 0 Å². The van der Waals surface area contributed by atoms with Gasteiger partial charge in [0.05, 0.1) is 0 Å². The first-order valence-electron chi connectivity index (χ1n) is 6.04. The number of aliphatic carboxylic acids is 1. The van der Waals surface area contributed by atoms with Gasteiger partial charge >= 0.3 is 5.97 Å². The van der Waals surface area contributed by atoms with Crippen molar-refractivity contribution in [2.45, 2.75) is 58.9 Å². The van der Waals surface area contributed by atoms with Crippen LogP contribution in [0.5, 0.6) is 0 Å². The molecule has 0 saturated heterocycles. The molecule has 94 valence electrons. The van der Waals surface area contributed by atoms with Gasteiger partial charge in [0.25, 0.3) is 0 Å². The zero-order valence-electron chi connectivity index (χ0n) is 10.5. The second kappa shape index (κ2) is 8.13. The summed E-state index contributed by atoms with van der Waals surface area (Å²) in [6.45, 7) is 6.80. The van der Waals surface area contributed by atoms with Gasteiger partial charge in [0.1, 0.15) is 0 Å². The van der Waals surface area contributed by atoms with E-state index in [9.17, 15) is 9.59 Å². The minimum Gasteiger partial charge on any atom is -0.481 e. The van der Waals surface area contributed by atoms with Gasteiger partial charge in [0.15, 0.2) is 0 Å². The van der Waals surface area contributed by atoms with Gasteiger partial charge in [0, 0.05) is 25.4 Å². The highest BCUT2D eigenvalue weighted by molar-refractivity contribution is 5.76. The van der Waals surface area contributed by atoms with Crippen molar-refractivity contribution >= 4 is 11.9 Å². The maximum absolute atomic E-state index is 11.8. The number of carboxylic acids is 1. The molecule has 0 rings (SSSR count). The predicted molar refractivity (Wildman–Crippen MR) is 63.2 cm³/mol. The molecular formula is C12H23NO3. The van der Waals surface area contributed by atoms with Gasteiger partial charge in [-0.15, -0.1) is 0 Å². The molecule has 0 aliphatic carbocycles. The van der Waals surface area contributed by atoms with E-state index in [1.54, 1.807) is 0 Å². The van der Waals surface area contributed by atoms with Crippen molar-refractivity contribution in [3.8, 4) is 0 Å². The van der Waals surface area contributed by atoms with Crippen LogP contribution in [0.4, 0.5) is 0 Å².